The van der Waals surface area contributed by atoms with Gasteiger partial charge in [-0.25, -0.2) is 0 Å². The number of nitrogens with one attached hydrogen (secondary N) is 2. The molecule has 0 radical (unpaired) electrons. The van der Waals surface area contributed by atoms with Crippen molar-refractivity contribution in [3.05, 3.63) is 21.1 Å². The standard InChI is InChI=1S/C8H12ClN3O2/c1-4(2)10-7(13)5-6(9)12(3)11-8(5)14/h4H,1-3H3,(H,10,13)(H,11,14). The minimum Gasteiger partial charge on any atom is -0.350 e. The molecule has 0 atom stereocenters. The topological polar surface area (TPSA) is 66.9 Å². The fourth-order valence-electron chi connectivity index (χ4n) is 1.05. The third kappa shape index (κ3) is 1.98. The lowest BCUT2D eigenvalue weighted by Crippen LogP contribution is -2.33. The van der Waals surface area contributed by atoms with E-state index in [4.69, 9.17) is 11.6 Å². The molecule has 1 amide bonds. The second kappa shape index (κ2) is 3.88. The van der Waals surface area contributed by atoms with Crippen LogP contribution in [0.15, 0.2) is 4.79 Å². The van der Waals surface area contributed by atoms with Crippen LogP contribution < -0.4 is 10.9 Å². The second-order valence-corrected chi connectivity index (χ2v) is 3.65. The number of aryl methyl sites for hydroxylation is 1. The molecule has 0 aliphatic heterocycles. The summed E-state index contributed by atoms with van der Waals surface area (Å²) in [6.07, 6.45) is 0. The number of nitrogens with zero attached hydrogens (tertiary/aromatic N) is 1. The average Bonchev–Trinajstić information content (AvgIpc) is 2.25. The first-order chi connectivity index (χ1) is 6.43. The number of hydrogen-bond donors (Lipinski definition) is 2. The van der Waals surface area contributed by atoms with Gasteiger partial charge in [-0.3, -0.25) is 19.4 Å². The van der Waals surface area contributed by atoms with Crippen LogP contribution in [0.3, 0.4) is 0 Å². The molecule has 14 heavy (non-hydrogen) atoms. The van der Waals surface area contributed by atoms with E-state index in [-0.39, 0.29) is 16.8 Å². The molecule has 1 aromatic heterocycles. The highest BCUT2D eigenvalue weighted by molar-refractivity contribution is 6.32. The van der Waals surface area contributed by atoms with Crippen molar-refractivity contribution < 1.29 is 4.79 Å². The summed E-state index contributed by atoms with van der Waals surface area (Å²) in [5, 5.41) is 5.11. The molecule has 0 aliphatic carbocycles. The average molecular weight is 218 g/mol. The Bertz CT molecular complexity index is 405. The summed E-state index contributed by atoms with van der Waals surface area (Å²) < 4.78 is 1.30. The van der Waals surface area contributed by atoms with Crippen molar-refractivity contribution in [2.75, 3.05) is 0 Å². The van der Waals surface area contributed by atoms with Crippen LogP contribution in [0.2, 0.25) is 5.15 Å². The largest absolute Gasteiger partial charge is 0.350 e. The number of H-pyrrole nitrogens is 1. The van der Waals surface area contributed by atoms with E-state index in [0.29, 0.717) is 0 Å². The van der Waals surface area contributed by atoms with Gasteiger partial charge in [-0.2, -0.15) is 0 Å². The molecule has 78 valence electrons. The first-order valence-electron chi connectivity index (χ1n) is 4.19. The Kier molecular flexibility index (Phi) is 3.00. The van der Waals surface area contributed by atoms with Crippen molar-refractivity contribution in [3.8, 4) is 0 Å². The van der Waals surface area contributed by atoms with Gasteiger partial charge in [-0.15, -0.1) is 0 Å². The maximum atomic E-state index is 11.5. The quantitative estimate of drug-likeness (QED) is 0.758. The second-order valence-electron chi connectivity index (χ2n) is 3.29. The van der Waals surface area contributed by atoms with E-state index in [1.165, 1.54) is 4.68 Å². The van der Waals surface area contributed by atoms with Crippen molar-refractivity contribution in [1.82, 2.24) is 15.1 Å². The third-order valence-corrected chi connectivity index (χ3v) is 2.09. The van der Waals surface area contributed by atoms with E-state index >= 15 is 0 Å². The lowest BCUT2D eigenvalue weighted by Gasteiger charge is -2.06. The number of aromatic amines is 1. The monoisotopic (exact) mass is 217 g/mol. The lowest BCUT2D eigenvalue weighted by molar-refractivity contribution is 0.0942. The van der Waals surface area contributed by atoms with E-state index < -0.39 is 11.5 Å². The smallest absolute Gasteiger partial charge is 0.278 e. The Labute approximate surface area is 86.0 Å². The zero-order chi connectivity index (χ0) is 10.9. The molecule has 0 aliphatic rings. The fraction of sp³-hybridized carbons (Fsp3) is 0.500. The summed E-state index contributed by atoms with van der Waals surface area (Å²) >= 11 is 5.76. The number of hydrogen-bond acceptors (Lipinski definition) is 2. The third-order valence-electron chi connectivity index (χ3n) is 1.64. The molecule has 0 fully saturated rings. The van der Waals surface area contributed by atoms with Gasteiger partial charge < -0.3 is 5.32 Å². The summed E-state index contributed by atoms with van der Waals surface area (Å²) in [4.78, 5) is 22.7. The van der Waals surface area contributed by atoms with Gasteiger partial charge in [0, 0.05) is 13.1 Å². The molecule has 0 saturated heterocycles. The van der Waals surface area contributed by atoms with Crippen LogP contribution in [0.1, 0.15) is 24.2 Å². The Morgan fingerprint density at radius 1 is 1.57 bits per heavy atom. The van der Waals surface area contributed by atoms with Crippen LogP contribution in [0.25, 0.3) is 0 Å². The summed E-state index contributed by atoms with van der Waals surface area (Å²) in [5.41, 5.74) is -0.515. The minimum atomic E-state index is -0.476. The number of halogens is 1. The number of amides is 1. The predicted octanol–water partition coefficient (Wildman–Crippen LogP) is 0.505. The van der Waals surface area contributed by atoms with Crippen LogP contribution in [0.4, 0.5) is 0 Å². The van der Waals surface area contributed by atoms with Gasteiger partial charge in [0.15, 0.2) is 0 Å². The molecule has 0 unspecified atom stereocenters. The number of carbonyl (C=O) groups is 1. The Morgan fingerprint density at radius 3 is 2.50 bits per heavy atom. The van der Waals surface area contributed by atoms with Gasteiger partial charge in [-0.05, 0) is 13.8 Å². The minimum absolute atomic E-state index is 0.0295. The van der Waals surface area contributed by atoms with E-state index in [1.54, 1.807) is 7.05 Å². The maximum Gasteiger partial charge on any atom is 0.278 e. The Morgan fingerprint density at radius 2 is 2.14 bits per heavy atom. The molecule has 0 saturated carbocycles. The number of aromatic nitrogens is 2. The molecular weight excluding hydrogens is 206 g/mol. The van der Waals surface area contributed by atoms with Crippen LogP contribution >= 0.6 is 11.6 Å². The Hall–Kier alpha value is -1.23. The fourth-order valence-corrected chi connectivity index (χ4v) is 1.26. The molecular formula is C8H12ClN3O2. The molecule has 0 bridgehead atoms. The maximum absolute atomic E-state index is 11.5. The zero-order valence-electron chi connectivity index (χ0n) is 8.22. The molecule has 5 nitrogen and oxygen atoms in total. The van der Waals surface area contributed by atoms with E-state index in [1.807, 2.05) is 13.8 Å². The molecule has 0 spiro atoms. The van der Waals surface area contributed by atoms with Gasteiger partial charge in [0.25, 0.3) is 11.5 Å². The summed E-state index contributed by atoms with van der Waals surface area (Å²) in [7, 11) is 1.57. The van der Waals surface area contributed by atoms with Gasteiger partial charge in [0.05, 0.1) is 0 Å². The molecule has 6 heteroatoms. The van der Waals surface area contributed by atoms with E-state index in [9.17, 15) is 9.59 Å². The molecule has 1 rings (SSSR count). The highest BCUT2D eigenvalue weighted by atomic mass is 35.5. The first kappa shape index (κ1) is 10.8. The van der Waals surface area contributed by atoms with Crippen LogP contribution in [0, 0.1) is 0 Å². The SMILES string of the molecule is CC(C)NC(=O)c1c(Cl)n(C)[nH]c1=O. The zero-order valence-corrected chi connectivity index (χ0v) is 8.97. The summed E-state index contributed by atoms with van der Waals surface area (Å²) in [6.45, 7) is 3.62. The van der Waals surface area contributed by atoms with E-state index in [0.717, 1.165) is 0 Å². The summed E-state index contributed by atoms with van der Waals surface area (Å²) in [6, 6.07) is -0.0295. The van der Waals surface area contributed by atoms with Crippen molar-refractivity contribution in [1.29, 1.82) is 0 Å². The van der Waals surface area contributed by atoms with E-state index in [2.05, 4.69) is 10.4 Å². The normalized spacial score (nSPS) is 10.6. The van der Waals surface area contributed by atoms with Crippen molar-refractivity contribution in [2.24, 2.45) is 7.05 Å². The number of rotatable bonds is 2. The molecule has 0 aromatic carbocycles. The van der Waals surface area contributed by atoms with Gasteiger partial charge in [-0.1, -0.05) is 11.6 Å². The van der Waals surface area contributed by atoms with Gasteiger partial charge in [0.1, 0.15) is 10.7 Å². The van der Waals surface area contributed by atoms with Crippen LogP contribution in [0.5, 0.6) is 0 Å². The van der Waals surface area contributed by atoms with Crippen molar-refractivity contribution in [3.63, 3.8) is 0 Å². The highest BCUT2D eigenvalue weighted by Crippen LogP contribution is 2.09. The Balaban J connectivity index is 3.07. The molecule has 1 aromatic rings. The first-order valence-corrected chi connectivity index (χ1v) is 4.56. The predicted molar refractivity (Wildman–Crippen MR) is 53.6 cm³/mol. The molecule has 1 heterocycles. The van der Waals surface area contributed by atoms with Crippen LogP contribution in [-0.4, -0.2) is 21.7 Å². The number of carbonyl (C=O) groups excluding carboxylic acids is 1. The summed E-state index contributed by atoms with van der Waals surface area (Å²) in [5.74, 6) is -0.452. The lowest BCUT2D eigenvalue weighted by atomic mass is 10.3. The van der Waals surface area contributed by atoms with Crippen molar-refractivity contribution >= 4 is 17.5 Å². The van der Waals surface area contributed by atoms with Crippen molar-refractivity contribution in [2.45, 2.75) is 19.9 Å². The van der Waals surface area contributed by atoms with Crippen LogP contribution in [-0.2, 0) is 7.05 Å². The molecule has 2 N–H and O–H groups in total. The highest BCUT2D eigenvalue weighted by Gasteiger charge is 2.19. The van der Waals surface area contributed by atoms with Gasteiger partial charge in [0.2, 0.25) is 0 Å². The van der Waals surface area contributed by atoms with Gasteiger partial charge >= 0.3 is 0 Å².